The van der Waals surface area contributed by atoms with Gasteiger partial charge in [0.25, 0.3) is 0 Å². The molecule has 1 aromatic heterocycles. The Balaban J connectivity index is 2.32. The molecule has 1 aliphatic carbocycles. The van der Waals surface area contributed by atoms with Gasteiger partial charge in [0, 0.05) is 22.7 Å². The average Bonchev–Trinajstić information content (AvgIpc) is 3.06. The number of methoxy groups -OCH3 is 1. The predicted octanol–water partition coefficient (Wildman–Crippen LogP) is 3.28. The summed E-state index contributed by atoms with van der Waals surface area (Å²) in [5, 5.41) is 1.08. The fraction of sp³-hybridized carbons (Fsp3) is 0.400. The van der Waals surface area contributed by atoms with Crippen LogP contribution in [0.4, 0.5) is 0 Å². The number of aromatic amines is 1. The molecular formula is C15H16N2O2. The summed E-state index contributed by atoms with van der Waals surface area (Å²) in [5.74, 6) is 0.799. The summed E-state index contributed by atoms with van der Waals surface area (Å²) in [6.45, 7) is 0. The lowest BCUT2D eigenvalue weighted by atomic mass is 9.86. The van der Waals surface area contributed by atoms with Crippen LogP contribution in [0.1, 0.15) is 31.2 Å². The van der Waals surface area contributed by atoms with E-state index in [1.807, 2.05) is 24.4 Å². The number of fused-ring (bicyclic) bond motifs is 1. The van der Waals surface area contributed by atoms with Crippen molar-refractivity contribution in [3.8, 4) is 5.75 Å². The molecule has 0 radical (unpaired) electrons. The molecule has 1 aliphatic rings. The van der Waals surface area contributed by atoms with Gasteiger partial charge in [-0.15, -0.1) is 0 Å². The van der Waals surface area contributed by atoms with Crippen molar-refractivity contribution in [2.24, 2.45) is 4.99 Å². The van der Waals surface area contributed by atoms with Crippen LogP contribution in [-0.4, -0.2) is 18.2 Å². The van der Waals surface area contributed by atoms with Crippen molar-refractivity contribution in [3.63, 3.8) is 0 Å². The summed E-state index contributed by atoms with van der Waals surface area (Å²) in [7, 11) is 1.66. The molecule has 4 nitrogen and oxygen atoms in total. The second kappa shape index (κ2) is 4.56. The topological polar surface area (TPSA) is 54.4 Å². The molecule has 0 saturated heterocycles. The van der Waals surface area contributed by atoms with E-state index in [1.165, 1.54) is 0 Å². The van der Waals surface area contributed by atoms with Crippen molar-refractivity contribution in [1.82, 2.24) is 4.98 Å². The van der Waals surface area contributed by atoms with Gasteiger partial charge >= 0.3 is 0 Å². The monoisotopic (exact) mass is 256 g/mol. The Morgan fingerprint density at radius 2 is 2.11 bits per heavy atom. The molecule has 0 amide bonds. The van der Waals surface area contributed by atoms with Gasteiger partial charge in [-0.1, -0.05) is 12.8 Å². The van der Waals surface area contributed by atoms with Crippen LogP contribution in [0.3, 0.4) is 0 Å². The molecule has 2 aromatic rings. The minimum atomic E-state index is -0.463. The van der Waals surface area contributed by atoms with E-state index in [-0.39, 0.29) is 0 Å². The van der Waals surface area contributed by atoms with Gasteiger partial charge in [0.2, 0.25) is 6.08 Å². The maximum absolute atomic E-state index is 10.9. The average molecular weight is 256 g/mol. The number of nitrogens with one attached hydrogen (secondary N) is 1. The standard InChI is InChI=1S/C15H16N2O2/c1-19-13-5-4-12-11(6-9-16-12)14(13)15(17-10-18)7-2-3-8-15/h4-6,9,16H,2-3,7-8H2,1H3. The number of hydrogen-bond acceptors (Lipinski definition) is 3. The normalized spacial score (nSPS) is 17.3. The molecule has 0 atom stereocenters. The lowest BCUT2D eigenvalue weighted by Crippen LogP contribution is -2.20. The summed E-state index contributed by atoms with van der Waals surface area (Å²) in [4.78, 5) is 18.2. The Hall–Kier alpha value is -2.06. The smallest absolute Gasteiger partial charge is 0.235 e. The van der Waals surface area contributed by atoms with Crippen LogP contribution in [0, 0.1) is 0 Å². The van der Waals surface area contributed by atoms with E-state index in [4.69, 9.17) is 4.74 Å². The van der Waals surface area contributed by atoms with Crippen LogP contribution >= 0.6 is 0 Å². The highest BCUT2D eigenvalue weighted by atomic mass is 16.5. The maximum atomic E-state index is 10.9. The number of aliphatic imine (C=N–C) groups is 1. The minimum Gasteiger partial charge on any atom is -0.496 e. The Labute approximate surface area is 111 Å². The van der Waals surface area contributed by atoms with Gasteiger partial charge < -0.3 is 9.72 Å². The van der Waals surface area contributed by atoms with Crippen LogP contribution in [0.15, 0.2) is 29.4 Å². The second-order valence-corrected chi connectivity index (χ2v) is 5.02. The van der Waals surface area contributed by atoms with Crippen LogP contribution in [0.2, 0.25) is 0 Å². The molecule has 0 spiro atoms. The molecule has 1 aromatic carbocycles. The van der Waals surface area contributed by atoms with Gasteiger partial charge in [0.05, 0.1) is 7.11 Å². The number of benzene rings is 1. The maximum Gasteiger partial charge on any atom is 0.235 e. The minimum absolute atomic E-state index is 0.463. The van der Waals surface area contributed by atoms with Gasteiger partial charge in [0.15, 0.2) is 0 Å². The number of hydrogen-bond donors (Lipinski definition) is 1. The third-order valence-electron chi connectivity index (χ3n) is 4.07. The number of nitrogens with zero attached hydrogens (tertiary/aromatic N) is 1. The molecule has 1 fully saturated rings. The van der Waals surface area contributed by atoms with Crippen molar-refractivity contribution < 1.29 is 9.53 Å². The third kappa shape index (κ3) is 1.76. The highest BCUT2D eigenvalue weighted by molar-refractivity contribution is 5.86. The zero-order valence-corrected chi connectivity index (χ0v) is 10.9. The van der Waals surface area contributed by atoms with Crippen molar-refractivity contribution in [2.75, 3.05) is 7.11 Å². The molecule has 19 heavy (non-hydrogen) atoms. The summed E-state index contributed by atoms with van der Waals surface area (Å²) in [5.41, 5.74) is 1.60. The van der Waals surface area contributed by atoms with Crippen molar-refractivity contribution in [2.45, 2.75) is 31.2 Å². The largest absolute Gasteiger partial charge is 0.496 e. The number of isocyanates is 1. The van der Waals surface area contributed by atoms with Crippen LogP contribution in [-0.2, 0) is 10.3 Å². The number of aromatic nitrogens is 1. The van der Waals surface area contributed by atoms with E-state index in [1.54, 1.807) is 13.2 Å². The zero-order valence-electron chi connectivity index (χ0n) is 10.9. The SMILES string of the molecule is COc1ccc2[nH]ccc2c1C1(N=C=O)CCCC1. The van der Waals surface area contributed by atoms with Gasteiger partial charge in [0.1, 0.15) is 11.3 Å². The van der Waals surface area contributed by atoms with E-state index in [9.17, 15) is 4.79 Å². The lowest BCUT2D eigenvalue weighted by Gasteiger charge is -2.26. The first-order valence-electron chi connectivity index (χ1n) is 6.54. The third-order valence-corrected chi connectivity index (χ3v) is 4.07. The van der Waals surface area contributed by atoms with Gasteiger partial charge in [-0.3, -0.25) is 0 Å². The van der Waals surface area contributed by atoms with E-state index in [2.05, 4.69) is 9.98 Å². The van der Waals surface area contributed by atoms with Crippen LogP contribution in [0.25, 0.3) is 10.9 Å². The quantitative estimate of drug-likeness (QED) is 0.676. The van der Waals surface area contributed by atoms with Crippen molar-refractivity contribution in [3.05, 3.63) is 30.0 Å². The molecule has 0 bridgehead atoms. The van der Waals surface area contributed by atoms with E-state index < -0.39 is 5.54 Å². The molecule has 4 heteroatoms. The summed E-state index contributed by atoms with van der Waals surface area (Å²) in [6, 6.07) is 5.95. The molecule has 0 aliphatic heterocycles. The first-order chi connectivity index (χ1) is 9.30. The molecule has 0 unspecified atom stereocenters. The van der Waals surface area contributed by atoms with Crippen molar-refractivity contribution in [1.29, 1.82) is 0 Å². The molecule has 1 saturated carbocycles. The van der Waals surface area contributed by atoms with Crippen molar-refractivity contribution >= 4 is 17.0 Å². The summed E-state index contributed by atoms with van der Waals surface area (Å²) < 4.78 is 5.50. The first kappa shape index (κ1) is 12.0. The Morgan fingerprint density at radius 3 is 2.79 bits per heavy atom. The summed E-state index contributed by atoms with van der Waals surface area (Å²) >= 11 is 0. The number of rotatable bonds is 3. The Morgan fingerprint density at radius 1 is 1.32 bits per heavy atom. The Kier molecular flexibility index (Phi) is 2.88. The van der Waals surface area contributed by atoms with Gasteiger partial charge in [-0.2, -0.15) is 4.99 Å². The van der Waals surface area contributed by atoms with Crippen LogP contribution in [0.5, 0.6) is 5.75 Å². The molecule has 3 rings (SSSR count). The highest BCUT2D eigenvalue weighted by Crippen LogP contribution is 2.48. The summed E-state index contributed by atoms with van der Waals surface area (Å²) in [6.07, 6.45) is 7.58. The van der Waals surface area contributed by atoms with Gasteiger partial charge in [-0.05, 0) is 31.0 Å². The van der Waals surface area contributed by atoms with E-state index in [0.29, 0.717) is 0 Å². The zero-order chi connectivity index (χ0) is 13.3. The molecule has 1 N–H and O–H groups in total. The second-order valence-electron chi connectivity index (χ2n) is 5.02. The Bertz CT molecular complexity index is 647. The fourth-order valence-electron chi connectivity index (χ4n) is 3.23. The lowest BCUT2D eigenvalue weighted by molar-refractivity contribution is 0.382. The molecular weight excluding hydrogens is 240 g/mol. The molecule has 1 heterocycles. The molecule has 98 valence electrons. The van der Waals surface area contributed by atoms with Crippen LogP contribution < -0.4 is 4.74 Å². The van der Waals surface area contributed by atoms with Gasteiger partial charge in [-0.25, -0.2) is 4.79 Å². The number of carbonyl (C=O) groups excluding carboxylic acids is 1. The van der Waals surface area contributed by atoms with E-state index in [0.717, 1.165) is 47.9 Å². The first-order valence-corrected chi connectivity index (χ1v) is 6.54. The van der Waals surface area contributed by atoms with E-state index >= 15 is 0 Å². The number of H-pyrrole nitrogens is 1. The predicted molar refractivity (Wildman–Crippen MR) is 73.1 cm³/mol. The fourth-order valence-corrected chi connectivity index (χ4v) is 3.23. The number of ether oxygens (including phenoxy) is 1. The highest BCUT2D eigenvalue weighted by Gasteiger charge is 2.39.